The molecule has 0 aromatic heterocycles. The third kappa shape index (κ3) is 50.2. The van der Waals surface area contributed by atoms with E-state index in [1.165, 1.54) is 12.8 Å². The summed E-state index contributed by atoms with van der Waals surface area (Å²) < 4.78 is 16.7. The fourth-order valence-electron chi connectivity index (χ4n) is 6.28. The predicted molar refractivity (Wildman–Crippen MR) is 279 cm³/mol. The smallest absolute Gasteiger partial charge is 0.306 e. The Morgan fingerprint density at radius 1 is 0.323 bits per heavy atom. The predicted octanol–water partition coefficient (Wildman–Crippen LogP) is 16.9. The molecule has 0 fully saturated rings. The van der Waals surface area contributed by atoms with Crippen molar-refractivity contribution in [3.63, 3.8) is 0 Å². The maximum Gasteiger partial charge on any atom is 0.306 e. The van der Waals surface area contributed by atoms with Crippen LogP contribution in [0.15, 0.2) is 146 Å². The summed E-state index contributed by atoms with van der Waals surface area (Å²) in [4.78, 5) is 38.0. The van der Waals surface area contributed by atoms with Gasteiger partial charge in [-0.15, -0.1) is 0 Å². The van der Waals surface area contributed by atoms with Crippen molar-refractivity contribution in [2.45, 2.75) is 194 Å². The zero-order chi connectivity index (χ0) is 47.2. The summed E-state index contributed by atoms with van der Waals surface area (Å²) in [6, 6.07) is 0. The molecule has 0 rings (SSSR count). The van der Waals surface area contributed by atoms with Crippen molar-refractivity contribution in [2.75, 3.05) is 13.2 Å². The van der Waals surface area contributed by atoms with Gasteiger partial charge in [0.15, 0.2) is 6.10 Å². The van der Waals surface area contributed by atoms with Gasteiger partial charge in [0.1, 0.15) is 13.2 Å². The van der Waals surface area contributed by atoms with E-state index in [4.69, 9.17) is 14.2 Å². The molecule has 0 bridgehead atoms. The lowest BCUT2D eigenvalue weighted by atomic mass is 10.1. The Morgan fingerprint density at radius 2 is 0.631 bits per heavy atom. The number of hydrogen-bond acceptors (Lipinski definition) is 6. The van der Waals surface area contributed by atoms with E-state index >= 15 is 0 Å². The van der Waals surface area contributed by atoms with Gasteiger partial charge in [0, 0.05) is 19.3 Å². The van der Waals surface area contributed by atoms with E-state index in [0.29, 0.717) is 12.8 Å². The van der Waals surface area contributed by atoms with Gasteiger partial charge in [-0.1, -0.05) is 218 Å². The SMILES string of the molecule is CC/C=C/C=C/C=C/C=C/CCCCCCCC(=O)OC(COC(=O)CCCCC/C=C/C=C/C=C/C=C/CC)COC(=O)CCCCCCCC/C=C/C/C=C/C/C=C/C/C=C/CC. The number of hydrogen-bond donors (Lipinski definition) is 0. The average molecular weight is 895 g/mol. The highest BCUT2D eigenvalue weighted by molar-refractivity contribution is 5.71. The van der Waals surface area contributed by atoms with Crippen LogP contribution in [-0.4, -0.2) is 37.2 Å². The van der Waals surface area contributed by atoms with E-state index in [9.17, 15) is 14.4 Å². The van der Waals surface area contributed by atoms with Crippen LogP contribution in [0.2, 0.25) is 0 Å². The summed E-state index contributed by atoms with van der Waals surface area (Å²) in [5, 5.41) is 0. The first kappa shape index (κ1) is 60.3. The fourth-order valence-corrected chi connectivity index (χ4v) is 6.28. The molecule has 6 nitrogen and oxygen atoms in total. The summed E-state index contributed by atoms with van der Waals surface area (Å²) in [5.74, 6) is -1.00. The molecule has 0 radical (unpaired) electrons. The van der Waals surface area contributed by atoms with Gasteiger partial charge in [0.2, 0.25) is 0 Å². The lowest BCUT2D eigenvalue weighted by Gasteiger charge is -2.18. The standard InChI is InChI=1S/C59H90O6/c1-4-7-10-13-16-19-22-25-27-28-29-30-32-34-37-40-43-46-49-52-58(61)64-55-56(54-63-57(60)51-48-45-42-39-36-33-24-21-18-15-12-9-6-3)65-59(62)53-50-47-44-41-38-35-31-26-23-20-17-14-11-8-5-2/h7-12,14-21,23-27,29-31,33,36,56H,4-6,13,22,28,32,34-35,37-55H2,1-3H3/b10-7+,11-8+,12-9+,17-14+,18-15+,19-16+,23-20+,24-21+,27-25+,30-29+,31-26+,36-33+. The van der Waals surface area contributed by atoms with Gasteiger partial charge in [-0.05, 0) is 96.3 Å². The van der Waals surface area contributed by atoms with Crippen molar-refractivity contribution in [1.82, 2.24) is 0 Å². The van der Waals surface area contributed by atoms with E-state index in [-0.39, 0.29) is 37.5 Å². The third-order valence-electron chi connectivity index (χ3n) is 10.0. The number of carbonyl (C=O) groups excluding carboxylic acids is 3. The number of unbranched alkanes of at least 4 members (excludes halogenated alkanes) is 14. The molecule has 0 aromatic rings. The quantitative estimate of drug-likeness (QED) is 0.0199. The van der Waals surface area contributed by atoms with Gasteiger partial charge in [0.05, 0.1) is 0 Å². The van der Waals surface area contributed by atoms with Crippen LogP contribution in [0.4, 0.5) is 0 Å². The van der Waals surface area contributed by atoms with Gasteiger partial charge >= 0.3 is 17.9 Å². The van der Waals surface area contributed by atoms with Crippen molar-refractivity contribution in [3.05, 3.63) is 146 Å². The second-order valence-electron chi connectivity index (χ2n) is 16.1. The van der Waals surface area contributed by atoms with E-state index in [1.807, 2.05) is 60.8 Å². The molecule has 0 aromatic carbocycles. The normalized spacial score (nSPS) is 13.3. The molecule has 1 unspecified atom stereocenters. The lowest BCUT2D eigenvalue weighted by molar-refractivity contribution is -0.167. The topological polar surface area (TPSA) is 78.9 Å². The molecule has 362 valence electrons. The third-order valence-corrected chi connectivity index (χ3v) is 10.0. The van der Waals surface area contributed by atoms with Crippen molar-refractivity contribution < 1.29 is 28.6 Å². The van der Waals surface area contributed by atoms with Crippen LogP contribution in [0.25, 0.3) is 0 Å². The lowest BCUT2D eigenvalue weighted by Crippen LogP contribution is -2.30. The van der Waals surface area contributed by atoms with Gasteiger partial charge in [-0.25, -0.2) is 0 Å². The van der Waals surface area contributed by atoms with Gasteiger partial charge in [-0.3, -0.25) is 14.4 Å². The van der Waals surface area contributed by atoms with Gasteiger partial charge in [-0.2, -0.15) is 0 Å². The van der Waals surface area contributed by atoms with Crippen LogP contribution < -0.4 is 0 Å². The number of ether oxygens (including phenoxy) is 3. The highest BCUT2D eigenvalue weighted by atomic mass is 16.6. The molecule has 6 heteroatoms. The fraction of sp³-hybridized carbons (Fsp3) is 0.542. The molecule has 0 aliphatic heterocycles. The Labute approximate surface area is 397 Å². The summed E-state index contributed by atoms with van der Waals surface area (Å²) >= 11 is 0. The van der Waals surface area contributed by atoms with E-state index in [1.54, 1.807) is 0 Å². The number of carbonyl (C=O) groups is 3. The zero-order valence-electron chi connectivity index (χ0n) is 41.2. The monoisotopic (exact) mass is 895 g/mol. The molecule has 0 spiro atoms. The van der Waals surface area contributed by atoms with Crippen LogP contribution in [-0.2, 0) is 28.6 Å². The summed E-state index contributed by atoms with van der Waals surface area (Å²) in [7, 11) is 0. The first-order valence-corrected chi connectivity index (χ1v) is 25.4. The first-order valence-electron chi connectivity index (χ1n) is 25.4. The van der Waals surface area contributed by atoms with Crippen molar-refractivity contribution >= 4 is 17.9 Å². The van der Waals surface area contributed by atoms with Crippen LogP contribution in [0.3, 0.4) is 0 Å². The minimum atomic E-state index is -0.819. The largest absolute Gasteiger partial charge is 0.462 e. The van der Waals surface area contributed by atoms with E-state index in [0.717, 1.165) is 135 Å². The summed E-state index contributed by atoms with van der Waals surface area (Å²) in [6.07, 6.45) is 74.0. The molecule has 0 saturated heterocycles. The van der Waals surface area contributed by atoms with Gasteiger partial charge in [0.25, 0.3) is 0 Å². The van der Waals surface area contributed by atoms with Crippen molar-refractivity contribution in [2.24, 2.45) is 0 Å². The highest BCUT2D eigenvalue weighted by Gasteiger charge is 2.19. The Kier molecular flexibility index (Phi) is 48.2. The van der Waals surface area contributed by atoms with Crippen molar-refractivity contribution in [1.29, 1.82) is 0 Å². The minimum Gasteiger partial charge on any atom is -0.462 e. The van der Waals surface area contributed by atoms with E-state index < -0.39 is 6.10 Å². The molecule has 0 saturated carbocycles. The van der Waals surface area contributed by atoms with E-state index in [2.05, 4.69) is 106 Å². The summed E-state index contributed by atoms with van der Waals surface area (Å²) in [5.41, 5.74) is 0. The molecule has 1 atom stereocenters. The molecular weight excluding hydrogens is 805 g/mol. The number of esters is 3. The molecule has 65 heavy (non-hydrogen) atoms. The molecule has 0 aliphatic carbocycles. The average Bonchev–Trinajstić information content (AvgIpc) is 3.30. The molecule has 0 N–H and O–H groups in total. The van der Waals surface area contributed by atoms with Crippen LogP contribution in [0.5, 0.6) is 0 Å². The van der Waals surface area contributed by atoms with Crippen LogP contribution >= 0.6 is 0 Å². The second kappa shape index (κ2) is 51.9. The van der Waals surface area contributed by atoms with Crippen LogP contribution in [0.1, 0.15) is 188 Å². The molecule has 0 aliphatic rings. The summed E-state index contributed by atoms with van der Waals surface area (Å²) in [6.45, 7) is 6.15. The van der Waals surface area contributed by atoms with Crippen LogP contribution in [0, 0.1) is 0 Å². The number of allylic oxidation sites excluding steroid dienone is 24. The Balaban J connectivity index is 4.52. The maximum absolute atomic E-state index is 12.8. The second-order valence-corrected chi connectivity index (χ2v) is 16.1. The van der Waals surface area contributed by atoms with Crippen molar-refractivity contribution in [3.8, 4) is 0 Å². The van der Waals surface area contributed by atoms with Gasteiger partial charge < -0.3 is 14.2 Å². The first-order chi connectivity index (χ1) is 32.0. The Hall–Kier alpha value is -4.71. The highest BCUT2D eigenvalue weighted by Crippen LogP contribution is 2.13. The Bertz CT molecular complexity index is 1490. The number of rotatable bonds is 43. The zero-order valence-corrected chi connectivity index (χ0v) is 41.2. The molecule has 0 amide bonds. The molecular formula is C59H90O6. The Morgan fingerprint density at radius 3 is 1.06 bits per heavy atom. The maximum atomic E-state index is 12.8. The minimum absolute atomic E-state index is 0.115. The molecule has 0 heterocycles.